The maximum Gasteiger partial charge on any atom is 0.246 e. The number of anilines is 1. The maximum absolute atomic E-state index is 13.1. The van der Waals surface area contributed by atoms with Gasteiger partial charge >= 0.3 is 0 Å². The number of piperazine rings is 1. The van der Waals surface area contributed by atoms with E-state index in [0.717, 1.165) is 68.5 Å². The molecule has 0 atom stereocenters. The zero-order chi connectivity index (χ0) is 23.0. The van der Waals surface area contributed by atoms with E-state index in [4.69, 9.17) is 20.8 Å². The molecule has 1 fully saturated rings. The third-order valence-electron chi connectivity index (χ3n) is 6.40. The smallest absolute Gasteiger partial charge is 0.246 e. The molecule has 0 aliphatic carbocycles. The van der Waals surface area contributed by atoms with Crippen molar-refractivity contribution in [1.29, 1.82) is 0 Å². The number of hydrogen-bond acceptors (Lipinski definition) is 4. The number of hydrogen-bond donors (Lipinski definition) is 0. The Morgan fingerprint density at radius 3 is 2.44 bits per heavy atom. The number of aryl methyl sites for hydroxylation is 3. The number of benzene rings is 2. The summed E-state index contributed by atoms with van der Waals surface area (Å²) in [5, 5.41) is 1.80. The molecule has 3 aromatic rings. The summed E-state index contributed by atoms with van der Waals surface area (Å²) >= 11 is 6.34. The van der Waals surface area contributed by atoms with Gasteiger partial charge in [-0.25, -0.2) is 0 Å². The molecule has 2 aromatic carbocycles. The van der Waals surface area contributed by atoms with Crippen LogP contribution in [-0.4, -0.2) is 44.1 Å². The number of methoxy groups -OCH3 is 1. The first-order chi connectivity index (χ1) is 15.3. The Hall–Kier alpha value is -2.92. The van der Waals surface area contributed by atoms with Gasteiger partial charge in [-0.15, -0.1) is 0 Å². The number of para-hydroxylation sites is 1. The van der Waals surface area contributed by atoms with E-state index in [1.165, 1.54) is 0 Å². The van der Waals surface area contributed by atoms with E-state index >= 15 is 0 Å². The molecule has 0 N–H and O–H groups in total. The zero-order valence-corrected chi connectivity index (χ0v) is 20.0. The summed E-state index contributed by atoms with van der Waals surface area (Å²) in [6, 6.07) is 9.91. The van der Waals surface area contributed by atoms with Gasteiger partial charge in [-0.2, -0.15) is 0 Å². The molecule has 168 valence electrons. The lowest BCUT2D eigenvalue weighted by Gasteiger charge is -2.36. The van der Waals surface area contributed by atoms with Crippen molar-refractivity contribution in [2.75, 3.05) is 38.2 Å². The second-order valence-electron chi connectivity index (χ2n) is 8.33. The maximum atomic E-state index is 13.1. The first-order valence-electron chi connectivity index (χ1n) is 10.9. The van der Waals surface area contributed by atoms with Crippen LogP contribution in [0.4, 0.5) is 5.69 Å². The standard InChI is InChI=1S/C26H29ClN2O3/c1-16(20-15-21-17(2)19(4)32-26(21)18(3)25(20)31-5)14-24(30)29-12-10-28(11-13-29)23-9-7-6-8-22(23)27/h6-9,14-15H,10-13H2,1-5H3/b16-14+. The Morgan fingerprint density at radius 2 is 1.78 bits per heavy atom. The predicted molar refractivity (Wildman–Crippen MR) is 131 cm³/mol. The van der Waals surface area contributed by atoms with Crippen LogP contribution in [0.25, 0.3) is 16.5 Å². The highest BCUT2D eigenvalue weighted by atomic mass is 35.5. The van der Waals surface area contributed by atoms with Crippen LogP contribution in [0.2, 0.25) is 5.02 Å². The first-order valence-corrected chi connectivity index (χ1v) is 11.2. The van der Waals surface area contributed by atoms with Crippen molar-refractivity contribution in [1.82, 2.24) is 4.90 Å². The molecular formula is C26H29ClN2O3. The van der Waals surface area contributed by atoms with E-state index < -0.39 is 0 Å². The van der Waals surface area contributed by atoms with Crippen LogP contribution >= 0.6 is 11.6 Å². The third-order valence-corrected chi connectivity index (χ3v) is 6.72. The minimum atomic E-state index is 0.0150. The molecule has 6 heteroatoms. The van der Waals surface area contributed by atoms with Crippen molar-refractivity contribution < 1.29 is 13.9 Å². The molecule has 4 rings (SSSR count). The topological polar surface area (TPSA) is 45.9 Å². The van der Waals surface area contributed by atoms with E-state index in [9.17, 15) is 4.79 Å². The molecular weight excluding hydrogens is 424 g/mol. The number of nitrogens with zero attached hydrogens (tertiary/aromatic N) is 2. The van der Waals surface area contributed by atoms with E-state index in [0.29, 0.717) is 13.1 Å². The third kappa shape index (κ3) is 3.97. The zero-order valence-electron chi connectivity index (χ0n) is 19.3. The molecule has 5 nitrogen and oxygen atoms in total. The largest absolute Gasteiger partial charge is 0.496 e. The van der Waals surface area contributed by atoms with Crippen LogP contribution in [0.1, 0.15) is 29.4 Å². The Labute approximate surface area is 194 Å². The molecule has 1 aromatic heterocycles. The molecule has 2 heterocycles. The monoisotopic (exact) mass is 452 g/mol. The number of halogens is 1. The van der Waals surface area contributed by atoms with Crippen molar-refractivity contribution >= 4 is 39.7 Å². The number of carbonyl (C=O) groups is 1. The van der Waals surface area contributed by atoms with Gasteiger partial charge in [0.2, 0.25) is 5.91 Å². The van der Waals surface area contributed by atoms with Crippen molar-refractivity contribution in [2.45, 2.75) is 27.7 Å². The number of rotatable bonds is 4. The van der Waals surface area contributed by atoms with E-state index in [1.807, 2.05) is 49.9 Å². The molecule has 0 unspecified atom stereocenters. The lowest BCUT2D eigenvalue weighted by atomic mass is 9.98. The molecule has 0 spiro atoms. The number of amides is 1. The average molecular weight is 453 g/mol. The van der Waals surface area contributed by atoms with Crippen molar-refractivity contribution in [3.63, 3.8) is 0 Å². The summed E-state index contributed by atoms with van der Waals surface area (Å²) in [5.41, 5.74) is 5.72. The summed E-state index contributed by atoms with van der Waals surface area (Å²) in [5.74, 6) is 1.66. The fourth-order valence-corrected chi connectivity index (χ4v) is 4.65. The van der Waals surface area contributed by atoms with Crippen molar-refractivity contribution in [3.05, 3.63) is 63.9 Å². The molecule has 0 saturated carbocycles. The Kier molecular flexibility index (Phi) is 6.20. The highest BCUT2D eigenvalue weighted by Crippen LogP contribution is 2.38. The molecule has 0 bridgehead atoms. The lowest BCUT2D eigenvalue weighted by molar-refractivity contribution is -0.126. The van der Waals surface area contributed by atoms with Gasteiger partial charge in [-0.3, -0.25) is 4.79 Å². The second kappa shape index (κ2) is 8.91. The Balaban J connectivity index is 1.56. The van der Waals surface area contributed by atoms with E-state index in [-0.39, 0.29) is 5.91 Å². The number of allylic oxidation sites excluding steroid dienone is 1. The Bertz CT molecular complexity index is 1200. The van der Waals surface area contributed by atoms with Crippen LogP contribution in [0.5, 0.6) is 5.75 Å². The molecule has 32 heavy (non-hydrogen) atoms. The molecule has 1 aliphatic heterocycles. The minimum absolute atomic E-state index is 0.0150. The highest BCUT2D eigenvalue weighted by Gasteiger charge is 2.23. The van der Waals surface area contributed by atoms with Gasteiger partial charge in [0.1, 0.15) is 17.1 Å². The van der Waals surface area contributed by atoms with Crippen molar-refractivity contribution in [3.8, 4) is 5.75 Å². The summed E-state index contributed by atoms with van der Waals surface area (Å²) < 4.78 is 11.7. The predicted octanol–water partition coefficient (Wildman–Crippen LogP) is 5.77. The quantitative estimate of drug-likeness (QED) is 0.471. The van der Waals surface area contributed by atoms with Gasteiger partial charge in [0, 0.05) is 48.8 Å². The SMILES string of the molecule is COc1c(/C(C)=C/C(=O)N2CCN(c3ccccc3Cl)CC2)cc2c(C)c(C)oc2c1C. The van der Waals surface area contributed by atoms with Gasteiger partial charge in [-0.05, 0) is 57.0 Å². The lowest BCUT2D eigenvalue weighted by Crippen LogP contribution is -2.48. The molecule has 1 aliphatic rings. The Morgan fingerprint density at radius 1 is 1.09 bits per heavy atom. The fourth-order valence-electron chi connectivity index (χ4n) is 4.40. The number of fused-ring (bicyclic) bond motifs is 1. The fraction of sp³-hybridized carbons (Fsp3) is 0.346. The number of furan rings is 1. The van der Waals surface area contributed by atoms with Crippen LogP contribution < -0.4 is 9.64 Å². The summed E-state index contributed by atoms with van der Waals surface area (Å²) in [7, 11) is 1.66. The normalized spacial score (nSPS) is 14.9. The van der Waals surface area contributed by atoms with Crippen LogP contribution in [0.15, 0.2) is 40.8 Å². The number of ether oxygens (including phenoxy) is 1. The molecule has 0 radical (unpaired) electrons. The second-order valence-corrected chi connectivity index (χ2v) is 8.74. The molecule has 1 amide bonds. The van der Waals surface area contributed by atoms with Gasteiger partial charge < -0.3 is 19.0 Å². The van der Waals surface area contributed by atoms with Gasteiger partial charge in [0.15, 0.2) is 0 Å². The summed E-state index contributed by atoms with van der Waals surface area (Å²) in [6.45, 7) is 10.8. The van der Waals surface area contributed by atoms with Crippen molar-refractivity contribution in [2.24, 2.45) is 0 Å². The first kappa shape index (κ1) is 22.3. The van der Waals surface area contributed by atoms with Gasteiger partial charge in [-0.1, -0.05) is 23.7 Å². The number of carbonyl (C=O) groups excluding carboxylic acids is 1. The summed E-state index contributed by atoms with van der Waals surface area (Å²) in [6.07, 6.45) is 1.72. The van der Waals surface area contributed by atoms with Crippen LogP contribution in [-0.2, 0) is 4.79 Å². The summed E-state index contributed by atoms with van der Waals surface area (Å²) in [4.78, 5) is 17.2. The van der Waals surface area contributed by atoms with Gasteiger partial charge in [0.05, 0.1) is 17.8 Å². The average Bonchev–Trinajstić information content (AvgIpc) is 3.08. The highest BCUT2D eigenvalue weighted by molar-refractivity contribution is 6.33. The van der Waals surface area contributed by atoms with E-state index in [2.05, 4.69) is 17.9 Å². The van der Waals surface area contributed by atoms with Crippen LogP contribution in [0, 0.1) is 20.8 Å². The van der Waals surface area contributed by atoms with Crippen LogP contribution in [0.3, 0.4) is 0 Å². The van der Waals surface area contributed by atoms with Gasteiger partial charge in [0.25, 0.3) is 0 Å². The van der Waals surface area contributed by atoms with E-state index in [1.54, 1.807) is 13.2 Å². The molecule has 1 saturated heterocycles. The minimum Gasteiger partial charge on any atom is -0.496 e.